The number of hydrogen-bond donors (Lipinski definition) is 1. The average molecular weight is 434 g/mol. The quantitative estimate of drug-likeness (QED) is 0.390. The van der Waals surface area contributed by atoms with Crippen molar-refractivity contribution in [2.45, 2.75) is 32.6 Å². The summed E-state index contributed by atoms with van der Waals surface area (Å²) in [4.78, 5) is 16.6. The number of thiophene rings is 1. The van der Waals surface area contributed by atoms with Crippen molar-refractivity contribution < 1.29 is 14.1 Å². The molecule has 2 heterocycles. The van der Waals surface area contributed by atoms with Gasteiger partial charge < -0.3 is 14.6 Å². The minimum atomic E-state index is -0.0546. The van der Waals surface area contributed by atoms with Gasteiger partial charge in [-0.2, -0.15) is 16.3 Å². The van der Waals surface area contributed by atoms with E-state index in [1.807, 2.05) is 65.4 Å². The molecule has 2 aromatic carbocycles. The third-order valence-electron chi connectivity index (χ3n) is 4.67. The van der Waals surface area contributed by atoms with E-state index in [1.165, 1.54) is 0 Å². The van der Waals surface area contributed by atoms with E-state index in [0.717, 1.165) is 22.3 Å². The standard InChI is InChI=1S/C24H23N3O3S/c28-22(9-10-23-26-24(27-30-23)21-11-12-31-17-21)25-14-19-7-4-8-20(13-19)16-29-15-18-5-2-1-3-6-18/h1-8,11-13,17H,9-10,14-16H2,(H,25,28). The lowest BCUT2D eigenvalue weighted by Gasteiger charge is -2.08. The number of nitrogens with one attached hydrogen (secondary N) is 1. The maximum atomic E-state index is 12.2. The second-order valence-corrected chi connectivity index (χ2v) is 7.88. The molecule has 0 unspecified atom stereocenters. The lowest BCUT2D eigenvalue weighted by atomic mass is 10.1. The summed E-state index contributed by atoms with van der Waals surface area (Å²) in [6.45, 7) is 1.57. The third kappa shape index (κ3) is 6.34. The molecule has 4 aromatic rings. The van der Waals surface area contributed by atoms with Crippen LogP contribution in [0.2, 0.25) is 0 Å². The number of ether oxygens (including phenoxy) is 1. The first-order valence-electron chi connectivity index (χ1n) is 10.1. The minimum absolute atomic E-state index is 0.0546. The van der Waals surface area contributed by atoms with Crippen LogP contribution in [0.1, 0.15) is 29.0 Å². The molecule has 0 radical (unpaired) electrons. The summed E-state index contributed by atoms with van der Waals surface area (Å²) < 4.78 is 11.0. The molecule has 0 aliphatic heterocycles. The lowest BCUT2D eigenvalue weighted by Crippen LogP contribution is -2.23. The topological polar surface area (TPSA) is 77.2 Å². The molecular weight excluding hydrogens is 410 g/mol. The average Bonchev–Trinajstić information content (AvgIpc) is 3.49. The van der Waals surface area contributed by atoms with Crippen molar-refractivity contribution in [2.24, 2.45) is 0 Å². The largest absolute Gasteiger partial charge is 0.372 e. The number of aryl methyl sites for hydroxylation is 1. The molecule has 0 fully saturated rings. The fourth-order valence-corrected chi connectivity index (χ4v) is 3.70. The molecule has 31 heavy (non-hydrogen) atoms. The number of amides is 1. The zero-order chi connectivity index (χ0) is 21.3. The first-order chi connectivity index (χ1) is 15.3. The van der Waals surface area contributed by atoms with Crippen LogP contribution in [0, 0.1) is 0 Å². The molecule has 0 saturated heterocycles. The predicted molar refractivity (Wildman–Crippen MR) is 119 cm³/mol. The van der Waals surface area contributed by atoms with Crippen LogP contribution in [0.15, 0.2) is 75.9 Å². The SMILES string of the molecule is O=C(CCc1nc(-c2ccsc2)no1)NCc1cccc(COCc2ccccc2)c1. The zero-order valence-corrected chi connectivity index (χ0v) is 17.8. The van der Waals surface area contributed by atoms with Crippen molar-refractivity contribution in [2.75, 3.05) is 0 Å². The number of aromatic nitrogens is 2. The Morgan fingerprint density at radius 3 is 2.65 bits per heavy atom. The molecule has 0 aliphatic carbocycles. The Bertz CT molecular complexity index is 1090. The van der Waals surface area contributed by atoms with Crippen LogP contribution < -0.4 is 5.32 Å². The number of carbonyl (C=O) groups excluding carboxylic acids is 1. The van der Waals surface area contributed by atoms with Gasteiger partial charge >= 0.3 is 0 Å². The highest BCUT2D eigenvalue weighted by Crippen LogP contribution is 2.19. The van der Waals surface area contributed by atoms with Gasteiger partial charge in [-0.1, -0.05) is 59.8 Å². The molecular formula is C24H23N3O3S. The van der Waals surface area contributed by atoms with Gasteiger partial charge in [0.2, 0.25) is 17.6 Å². The Morgan fingerprint density at radius 2 is 1.81 bits per heavy atom. The van der Waals surface area contributed by atoms with E-state index in [-0.39, 0.29) is 5.91 Å². The van der Waals surface area contributed by atoms with Crippen molar-refractivity contribution in [1.82, 2.24) is 15.5 Å². The molecule has 0 atom stereocenters. The first kappa shape index (κ1) is 21.0. The highest BCUT2D eigenvalue weighted by Gasteiger charge is 2.11. The number of hydrogen-bond acceptors (Lipinski definition) is 6. The maximum Gasteiger partial charge on any atom is 0.227 e. The minimum Gasteiger partial charge on any atom is -0.372 e. The molecule has 1 amide bonds. The van der Waals surface area contributed by atoms with E-state index in [9.17, 15) is 4.79 Å². The van der Waals surface area contributed by atoms with E-state index in [2.05, 4.69) is 21.5 Å². The van der Waals surface area contributed by atoms with Crippen LogP contribution in [-0.2, 0) is 35.7 Å². The van der Waals surface area contributed by atoms with E-state index < -0.39 is 0 Å². The molecule has 158 valence electrons. The van der Waals surface area contributed by atoms with Gasteiger partial charge in [0.05, 0.1) is 13.2 Å². The molecule has 0 bridgehead atoms. The third-order valence-corrected chi connectivity index (χ3v) is 5.36. The first-order valence-corrected chi connectivity index (χ1v) is 11.0. The summed E-state index contributed by atoms with van der Waals surface area (Å²) in [7, 11) is 0. The molecule has 2 aromatic heterocycles. The maximum absolute atomic E-state index is 12.2. The van der Waals surface area contributed by atoms with Crippen molar-refractivity contribution in [3.05, 3.63) is 94.0 Å². The van der Waals surface area contributed by atoms with Crippen LogP contribution in [-0.4, -0.2) is 16.0 Å². The van der Waals surface area contributed by atoms with Crippen molar-refractivity contribution in [3.63, 3.8) is 0 Å². The number of carbonyl (C=O) groups is 1. The zero-order valence-electron chi connectivity index (χ0n) is 17.0. The molecule has 0 aliphatic rings. The van der Waals surface area contributed by atoms with Crippen LogP contribution >= 0.6 is 11.3 Å². The van der Waals surface area contributed by atoms with E-state index >= 15 is 0 Å². The summed E-state index contributed by atoms with van der Waals surface area (Å²) >= 11 is 1.58. The summed E-state index contributed by atoms with van der Waals surface area (Å²) in [5.41, 5.74) is 4.19. The molecule has 4 rings (SSSR count). The van der Waals surface area contributed by atoms with Crippen molar-refractivity contribution in [3.8, 4) is 11.4 Å². The normalized spacial score (nSPS) is 10.8. The van der Waals surface area contributed by atoms with Gasteiger partial charge in [0.1, 0.15) is 0 Å². The van der Waals surface area contributed by atoms with Gasteiger partial charge in [0.25, 0.3) is 0 Å². The molecule has 6 nitrogen and oxygen atoms in total. The fourth-order valence-electron chi connectivity index (χ4n) is 3.07. The summed E-state index contributed by atoms with van der Waals surface area (Å²) in [5, 5.41) is 10.8. The lowest BCUT2D eigenvalue weighted by molar-refractivity contribution is -0.121. The van der Waals surface area contributed by atoms with Crippen LogP contribution in [0.4, 0.5) is 0 Å². The Kier molecular flexibility index (Phi) is 7.20. The Balaban J connectivity index is 1.20. The smallest absolute Gasteiger partial charge is 0.227 e. The highest BCUT2D eigenvalue weighted by atomic mass is 32.1. The number of nitrogens with zero attached hydrogens (tertiary/aromatic N) is 2. The van der Waals surface area contributed by atoms with Gasteiger partial charge in [0.15, 0.2) is 0 Å². The predicted octanol–water partition coefficient (Wildman–Crippen LogP) is 4.76. The van der Waals surface area contributed by atoms with Crippen LogP contribution in [0.25, 0.3) is 11.4 Å². The van der Waals surface area contributed by atoms with E-state index in [0.29, 0.717) is 44.3 Å². The van der Waals surface area contributed by atoms with Gasteiger partial charge in [-0.05, 0) is 28.1 Å². The van der Waals surface area contributed by atoms with Gasteiger partial charge in [-0.15, -0.1) is 0 Å². The summed E-state index contributed by atoms with van der Waals surface area (Å²) in [6, 6.07) is 20.1. The second-order valence-electron chi connectivity index (χ2n) is 7.10. The summed E-state index contributed by atoms with van der Waals surface area (Å²) in [5.74, 6) is 0.970. The van der Waals surface area contributed by atoms with Crippen LogP contribution in [0.3, 0.4) is 0 Å². The Morgan fingerprint density at radius 1 is 1.00 bits per heavy atom. The molecule has 1 N–H and O–H groups in total. The van der Waals surface area contributed by atoms with E-state index in [1.54, 1.807) is 11.3 Å². The van der Waals surface area contributed by atoms with Gasteiger partial charge in [0, 0.05) is 30.3 Å². The summed E-state index contributed by atoms with van der Waals surface area (Å²) in [6.07, 6.45) is 0.710. The van der Waals surface area contributed by atoms with Gasteiger partial charge in [-0.25, -0.2) is 0 Å². The second kappa shape index (κ2) is 10.7. The molecule has 0 saturated carbocycles. The Hall–Kier alpha value is -3.29. The Labute approximate surface area is 184 Å². The van der Waals surface area contributed by atoms with Gasteiger partial charge in [-0.3, -0.25) is 4.79 Å². The highest BCUT2D eigenvalue weighted by molar-refractivity contribution is 7.08. The fraction of sp³-hybridized carbons (Fsp3) is 0.208. The molecule has 0 spiro atoms. The van der Waals surface area contributed by atoms with Crippen molar-refractivity contribution >= 4 is 17.2 Å². The monoisotopic (exact) mass is 433 g/mol. The van der Waals surface area contributed by atoms with E-state index in [4.69, 9.17) is 9.26 Å². The van der Waals surface area contributed by atoms with Crippen LogP contribution in [0.5, 0.6) is 0 Å². The number of rotatable bonds is 10. The number of benzene rings is 2. The van der Waals surface area contributed by atoms with Crippen molar-refractivity contribution in [1.29, 1.82) is 0 Å². The molecule has 7 heteroatoms.